The summed E-state index contributed by atoms with van der Waals surface area (Å²) in [6, 6.07) is 0. The fourth-order valence-electron chi connectivity index (χ4n) is 0.404. The van der Waals surface area contributed by atoms with E-state index in [0.29, 0.717) is 0 Å². The van der Waals surface area contributed by atoms with Crippen molar-refractivity contribution in [2.24, 2.45) is 0 Å². The van der Waals surface area contributed by atoms with Crippen molar-refractivity contribution in [3.05, 3.63) is 0 Å². The Bertz CT molecular complexity index is 188. The molecule has 0 unspecified atom stereocenters. The van der Waals surface area contributed by atoms with Crippen molar-refractivity contribution in [2.75, 3.05) is 6.54 Å². The first kappa shape index (κ1) is 10.9. The van der Waals surface area contributed by atoms with E-state index in [0.717, 1.165) is 0 Å². The van der Waals surface area contributed by atoms with Crippen LogP contribution in [0, 0.1) is 0 Å². The van der Waals surface area contributed by atoms with E-state index in [9.17, 15) is 22.8 Å². The van der Waals surface area contributed by atoms with Crippen molar-refractivity contribution >= 4 is 11.7 Å². The van der Waals surface area contributed by atoms with Crippen molar-refractivity contribution < 1.29 is 22.8 Å². The number of hydrogen-bond acceptors (Lipinski definition) is 2. The minimum Gasteiger partial charge on any atom is -0.341 e. The molecular formula is C6H8F3NO2. The highest BCUT2D eigenvalue weighted by molar-refractivity contribution is 5.88. The van der Waals surface area contributed by atoms with Crippen LogP contribution in [0.25, 0.3) is 0 Å². The largest absolute Gasteiger partial charge is 0.471 e. The predicted molar refractivity (Wildman–Crippen MR) is 34.4 cm³/mol. The van der Waals surface area contributed by atoms with Gasteiger partial charge in [-0.1, -0.05) is 6.92 Å². The van der Waals surface area contributed by atoms with Crippen LogP contribution in [0.2, 0.25) is 0 Å². The lowest BCUT2D eigenvalue weighted by molar-refractivity contribution is -0.173. The molecule has 0 bridgehead atoms. The number of Topliss-reactive ketones (excluding diaryl/α,β-unsaturated/α-hetero) is 1. The summed E-state index contributed by atoms with van der Waals surface area (Å²) in [6.07, 6.45) is -4.80. The molecule has 1 N–H and O–H groups in total. The molecule has 0 radical (unpaired) electrons. The summed E-state index contributed by atoms with van der Waals surface area (Å²) >= 11 is 0. The van der Waals surface area contributed by atoms with Gasteiger partial charge in [0.25, 0.3) is 0 Å². The van der Waals surface area contributed by atoms with Crippen LogP contribution in [-0.2, 0) is 9.59 Å². The van der Waals surface area contributed by atoms with Crippen molar-refractivity contribution in [3.63, 3.8) is 0 Å². The average Bonchev–Trinajstić information content (AvgIpc) is 1.97. The molecule has 12 heavy (non-hydrogen) atoms. The zero-order chi connectivity index (χ0) is 9.78. The quantitative estimate of drug-likeness (QED) is 0.698. The van der Waals surface area contributed by atoms with Crippen LogP contribution in [0.1, 0.15) is 13.3 Å². The summed E-state index contributed by atoms with van der Waals surface area (Å²) in [7, 11) is 0. The monoisotopic (exact) mass is 183 g/mol. The SMILES string of the molecule is CCC(=O)CNC(=O)C(F)(F)F. The second-order valence-corrected chi connectivity index (χ2v) is 2.07. The van der Waals surface area contributed by atoms with Gasteiger partial charge in [0.1, 0.15) is 0 Å². The van der Waals surface area contributed by atoms with E-state index in [-0.39, 0.29) is 6.42 Å². The molecule has 0 aromatic rings. The molecule has 0 aromatic carbocycles. The van der Waals surface area contributed by atoms with Crippen LogP contribution < -0.4 is 5.32 Å². The fourth-order valence-corrected chi connectivity index (χ4v) is 0.404. The van der Waals surface area contributed by atoms with E-state index >= 15 is 0 Å². The third kappa shape index (κ3) is 3.95. The van der Waals surface area contributed by atoms with E-state index in [1.165, 1.54) is 12.2 Å². The smallest absolute Gasteiger partial charge is 0.341 e. The topological polar surface area (TPSA) is 46.2 Å². The maximum atomic E-state index is 11.5. The Morgan fingerprint density at radius 1 is 1.33 bits per heavy atom. The van der Waals surface area contributed by atoms with Crippen molar-refractivity contribution in [1.82, 2.24) is 5.32 Å². The third-order valence-electron chi connectivity index (χ3n) is 1.10. The molecule has 6 heteroatoms. The maximum Gasteiger partial charge on any atom is 0.471 e. The van der Waals surface area contributed by atoms with Gasteiger partial charge in [0.15, 0.2) is 5.78 Å². The number of rotatable bonds is 3. The van der Waals surface area contributed by atoms with Gasteiger partial charge in [0, 0.05) is 6.42 Å². The average molecular weight is 183 g/mol. The van der Waals surface area contributed by atoms with Gasteiger partial charge in [-0.05, 0) is 0 Å². The van der Waals surface area contributed by atoms with E-state index < -0.39 is 24.4 Å². The molecule has 0 aromatic heterocycles. The maximum absolute atomic E-state index is 11.5. The van der Waals surface area contributed by atoms with Gasteiger partial charge < -0.3 is 5.32 Å². The van der Waals surface area contributed by atoms with Crippen LogP contribution in [0.3, 0.4) is 0 Å². The van der Waals surface area contributed by atoms with E-state index in [2.05, 4.69) is 0 Å². The van der Waals surface area contributed by atoms with Gasteiger partial charge in [0.2, 0.25) is 0 Å². The summed E-state index contributed by atoms with van der Waals surface area (Å²) < 4.78 is 34.4. The lowest BCUT2D eigenvalue weighted by Crippen LogP contribution is -2.39. The second-order valence-electron chi connectivity index (χ2n) is 2.07. The Morgan fingerprint density at radius 2 is 1.83 bits per heavy atom. The molecule has 0 atom stereocenters. The first-order valence-electron chi connectivity index (χ1n) is 3.24. The van der Waals surface area contributed by atoms with E-state index in [1.54, 1.807) is 0 Å². The standard InChI is InChI=1S/C6H8F3NO2/c1-2-4(11)3-10-5(12)6(7,8)9/h2-3H2,1H3,(H,10,12). The molecule has 0 spiro atoms. The highest BCUT2D eigenvalue weighted by Crippen LogP contribution is 2.13. The Hall–Kier alpha value is -1.07. The van der Waals surface area contributed by atoms with Crippen LogP contribution in [0.15, 0.2) is 0 Å². The van der Waals surface area contributed by atoms with Crippen LogP contribution >= 0.6 is 0 Å². The Labute approximate surface area is 66.9 Å². The zero-order valence-electron chi connectivity index (χ0n) is 6.36. The van der Waals surface area contributed by atoms with Gasteiger partial charge in [-0.3, -0.25) is 9.59 Å². The van der Waals surface area contributed by atoms with Gasteiger partial charge >= 0.3 is 12.1 Å². The molecule has 0 aliphatic carbocycles. The number of alkyl halides is 3. The van der Waals surface area contributed by atoms with Crippen molar-refractivity contribution in [3.8, 4) is 0 Å². The highest BCUT2D eigenvalue weighted by Gasteiger charge is 2.38. The number of halogens is 3. The Balaban J connectivity index is 3.81. The number of nitrogens with one attached hydrogen (secondary N) is 1. The number of ketones is 1. The molecule has 0 rings (SSSR count). The Morgan fingerprint density at radius 3 is 2.17 bits per heavy atom. The molecule has 0 saturated carbocycles. The zero-order valence-corrected chi connectivity index (χ0v) is 6.36. The number of carbonyl (C=O) groups is 2. The first-order valence-corrected chi connectivity index (χ1v) is 3.24. The van der Waals surface area contributed by atoms with Crippen molar-refractivity contribution in [2.45, 2.75) is 19.5 Å². The summed E-state index contributed by atoms with van der Waals surface area (Å²) in [5, 5.41) is 1.46. The molecule has 3 nitrogen and oxygen atoms in total. The van der Waals surface area contributed by atoms with E-state index in [1.807, 2.05) is 0 Å². The second kappa shape index (κ2) is 4.08. The third-order valence-corrected chi connectivity index (χ3v) is 1.10. The lowest BCUT2D eigenvalue weighted by Gasteiger charge is -2.05. The fraction of sp³-hybridized carbons (Fsp3) is 0.667. The molecule has 0 aliphatic heterocycles. The predicted octanol–water partition coefficient (Wildman–Crippen LogP) is 0.644. The lowest BCUT2D eigenvalue weighted by atomic mass is 10.3. The number of amides is 1. The first-order chi connectivity index (χ1) is 5.38. The summed E-state index contributed by atoms with van der Waals surface area (Å²) in [5.41, 5.74) is 0. The summed E-state index contributed by atoms with van der Waals surface area (Å²) in [5.74, 6) is -2.52. The molecule has 0 fully saturated rings. The van der Waals surface area contributed by atoms with Crippen LogP contribution in [0.4, 0.5) is 13.2 Å². The molecule has 0 aliphatic rings. The normalized spacial score (nSPS) is 11.0. The molecule has 0 saturated heterocycles. The molecular weight excluding hydrogens is 175 g/mol. The summed E-state index contributed by atoms with van der Waals surface area (Å²) in [4.78, 5) is 20.6. The minimum absolute atomic E-state index is 0.109. The highest BCUT2D eigenvalue weighted by atomic mass is 19.4. The Kier molecular flexibility index (Phi) is 3.72. The van der Waals surface area contributed by atoms with Gasteiger partial charge in [-0.25, -0.2) is 0 Å². The van der Waals surface area contributed by atoms with Crippen molar-refractivity contribution in [1.29, 1.82) is 0 Å². The van der Waals surface area contributed by atoms with Gasteiger partial charge in [-0.2, -0.15) is 13.2 Å². The molecule has 70 valence electrons. The molecule has 0 heterocycles. The minimum atomic E-state index is -4.91. The summed E-state index contributed by atoms with van der Waals surface area (Å²) in [6.45, 7) is 0.941. The van der Waals surface area contributed by atoms with Crippen LogP contribution in [0.5, 0.6) is 0 Å². The number of carbonyl (C=O) groups excluding carboxylic acids is 2. The van der Waals surface area contributed by atoms with Gasteiger partial charge in [-0.15, -0.1) is 0 Å². The van der Waals surface area contributed by atoms with E-state index in [4.69, 9.17) is 0 Å². The molecule has 1 amide bonds. The van der Waals surface area contributed by atoms with Crippen LogP contribution in [-0.4, -0.2) is 24.4 Å². The number of hydrogen-bond donors (Lipinski definition) is 1. The van der Waals surface area contributed by atoms with Gasteiger partial charge in [0.05, 0.1) is 6.54 Å².